The Labute approximate surface area is 110 Å². The van der Waals surface area contributed by atoms with Crippen LogP contribution in [-0.4, -0.2) is 29.7 Å². The van der Waals surface area contributed by atoms with Crippen molar-refractivity contribution in [3.05, 3.63) is 21.4 Å². The molecule has 5 nitrogen and oxygen atoms in total. The van der Waals surface area contributed by atoms with Crippen molar-refractivity contribution in [2.45, 2.75) is 33.4 Å². The van der Waals surface area contributed by atoms with Crippen LogP contribution in [-0.2, 0) is 16.1 Å². The number of esters is 1. The van der Waals surface area contributed by atoms with Gasteiger partial charge < -0.3 is 15.2 Å². The molecule has 1 rings (SSSR count). The molecule has 0 bridgehead atoms. The summed E-state index contributed by atoms with van der Waals surface area (Å²) in [7, 11) is 0. The van der Waals surface area contributed by atoms with Gasteiger partial charge in [-0.15, -0.1) is 11.3 Å². The van der Waals surface area contributed by atoms with Crippen molar-refractivity contribution in [1.29, 1.82) is 0 Å². The molecule has 1 atom stereocenters. The average Bonchev–Trinajstić information content (AvgIpc) is 2.68. The molecule has 0 saturated heterocycles. The molecule has 1 aromatic heterocycles. The molecule has 0 spiro atoms. The maximum absolute atomic E-state index is 11.4. The van der Waals surface area contributed by atoms with Gasteiger partial charge in [0.05, 0.1) is 6.61 Å². The zero-order valence-corrected chi connectivity index (χ0v) is 11.5. The fourth-order valence-corrected chi connectivity index (χ4v) is 2.29. The molecular formula is C12H17NO4S. The number of rotatable bonds is 6. The maximum Gasteiger partial charge on any atom is 0.345 e. The van der Waals surface area contributed by atoms with E-state index in [2.05, 4.69) is 5.32 Å². The number of carbonyl (C=O) groups excluding carboxylic acids is 1. The summed E-state index contributed by atoms with van der Waals surface area (Å²) in [4.78, 5) is 23.5. The second-order valence-corrected chi connectivity index (χ2v) is 5.11. The van der Waals surface area contributed by atoms with E-state index in [1.165, 1.54) is 11.3 Å². The Morgan fingerprint density at radius 1 is 1.56 bits per heavy atom. The van der Waals surface area contributed by atoms with Crippen LogP contribution < -0.4 is 5.32 Å². The molecule has 0 radical (unpaired) electrons. The quantitative estimate of drug-likeness (QED) is 0.772. The molecule has 0 fully saturated rings. The van der Waals surface area contributed by atoms with Crippen LogP contribution in [0.2, 0.25) is 0 Å². The fraction of sp³-hybridized carbons (Fsp3) is 0.500. The van der Waals surface area contributed by atoms with Crippen molar-refractivity contribution in [2.24, 2.45) is 0 Å². The van der Waals surface area contributed by atoms with Crippen LogP contribution in [0.15, 0.2) is 6.07 Å². The van der Waals surface area contributed by atoms with Crippen molar-refractivity contribution in [2.75, 3.05) is 6.61 Å². The lowest BCUT2D eigenvalue weighted by molar-refractivity contribution is -0.145. The van der Waals surface area contributed by atoms with Crippen LogP contribution >= 0.6 is 11.3 Å². The Kier molecular flexibility index (Phi) is 5.30. The molecule has 0 aliphatic heterocycles. The van der Waals surface area contributed by atoms with Gasteiger partial charge in [0.25, 0.3) is 0 Å². The third-order valence-electron chi connectivity index (χ3n) is 2.47. The molecule has 1 aromatic rings. The number of ether oxygens (including phenoxy) is 1. The first kappa shape index (κ1) is 14.7. The van der Waals surface area contributed by atoms with Crippen LogP contribution in [0.1, 0.15) is 34.0 Å². The molecule has 2 N–H and O–H groups in total. The third kappa shape index (κ3) is 3.82. The number of nitrogens with one attached hydrogen (secondary N) is 1. The molecule has 0 saturated carbocycles. The van der Waals surface area contributed by atoms with E-state index in [0.717, 1.165) is 10.4 Å². The summed E-state index contributed by atoms with van der Waals surface area (Å²) in [6, 6.07) is 1.23. The summed E-state index contributed by atoms with van der Waals surface area (Å²) < 4.78 is 4.87. The highest BCUT2D eigenvalue weighted by Crippen LogP contribution is 2.21. The second kappa shape index (κ2) is 6.51. The predicted molar refractivity (Wildman–Crippen MR) is 69.0 cm³/mol. The Hall–Kier alpha value is -1.40. The molecule has 0 aliphatic carbocycles. The van der Waals surface area contributed by atoms with Gasteiger partial charge in [-0.25, -0.2) is 4.79 Å². The molecule has 1 unspecified atom stereocenters. The van der Waals surface area contributed by atoms with Crippen molar-refractivity contribution >= 4 is 23.3 Å². The predicted octanol–water partition coefficient (Wildman–Crippen LogP) is 1.80. The zero-order chi connectivity index (χ0) is 13.7. The molecule has 100 valence electrons. The molecule has 18 heavy (non-hydrogen) atoms. The first-order valence-corrected chi connectivity index (χ1v) is 6.50. The van der Waals surface area contributed by atoms with E-state index in [-0.39, 0.29) is 5.97 Å². The first-order chi connectivity index (χ1) is 8.45. The number of hydrogen-bond acceptors (Lipinski definition) is 5. The van der Waals surface area contributed by atoms with E-state index >= 15 is 0 Å². The van der Waals surface area contributed by atoms with E-state index < -0.39 is 12.0 Å². The van der Waals surface area contributed by atoms with Gasteiger partial charge in [-0.05, 0) is 32.4 Å². The molecule has 1 heterocycles. The number of hydrogen-bond donors (Lipinski definition) is 2. The Bertz CT molecular complexity index is 441. The summed E-state index contributed by atoms with van der Waals surface area (Å²) in [5.74, 6) is -1.23. The van der Waals surface area contributed by atoms with Crippen LogP contribution in [0, 0.1) is 6.92 Å². The van der Waals surface area contributed by atoms with Gasteiger partial charge in [0.15, 0.2) is 0 Å². The summed E-state index contributed by atoms with van der Waals surface area (Å²) in [6.07, 6.45) is 0. The lowest BCUT2D eigenvalue weighted by atomic mass is 10.2. The lowest BCUT2D eigenvalue weighted by Gasteiger charge is -2.12. The molecule has 0 aliphatic rings. The topological polar surface area (TPSA) is 75.6 Å². The van der Waals surface area contributed by atoms with E-state index in [1.807, 2.05) is 6.92 Å². The number of aromatic carboxylic acids is 1. The van der Waals surface area contributed by atoms with E-state index in [4.69, 9.17) is 9.84 Å². The Morgan fingerprint density at radius 2 is 2.22 bits per heavy atom. The largest absolute Gasteiger partial charge is 0.477 e. The van der Waals surface area contributed by atoms with Crippen LogP contribution in [0.25, 0.3) is 0 Å². The summed E-state index contributed by atoms with van der Waals surface area (Å²) >= 11 is 1.24. The Balaban J connectivity index is 2.58. The van der Waals surface area contributed by atoms with E-state index in [9.17, 15) is 9.59 Å². The summed E-state index contributed by atoms with van der Waals surface area (Å²) in [5, 5.41) is 11.9. The monoisotopic (exact) mass is 271 g/mol. The van der Waals surface area contributed by atoms with Crippen LogP contribution in [0.4, 0.5) is 0 Å². The second-order valence-electron chi connectivity index (χ2n) is 3.85. The highest BCUT2D eigenvalue weighted by atomic mass is 32.1. The maximum atomic E-state index is 11.4. The average molecular weight is 271 g/mol. The number of aryl methyl sites for hydroxylation is 1. The van der Waals surface area contributed by atoms with Crippen LogP contribution in [0.3, 0.4) is 0 Å². The van der Waals surface area contributed by atoms with Crippen molar-refractivity contribution < 1.29 is 19.4 Å². The van der Waals surface area contributed by atoms with Gasteiger partial charge in [0.2, 0.25) is 0 Å². The highest BCUT2D eigenvalue weighted by Gasteiger charge is 2.15. The van der Waals surface area contributed by atoms with Gasteiger partial charge in [-0.3, -0.25) is 4.79 Å². The number of carbonyl (C=O) groups is 2. The lowest BCUT2D eigenvalue weighted by Crippen LogP contribution is -2.34. The van der Waals surface area contributed by atoms with Gasteiger partial charge in [-0.1, -0.05) is 0 Å². The molecular weight excluding hydrogens is 254 g/mol. The summed E-state index contributed by atoms with van der Waals surface area (Å²) in [6.45, 7) is 6.15. The Morgan fingerprint density at radius 3 is 2.72 bits per heavy atom. The normalized spacial score (nSPS) is 12.2. The molecule has 0 aromatic carbocycles. The molecule has 6 heteroatoms. The minimum Gasteiger partial charge on any atom is -0.477 e. The number of thiophene rings is 1. The van der Waals surface area contributed by atoms with Gasteiger partial charge >= 0.3 is 11.9 Å². The van der Waals surface area contributed by atoms with E-state index in [1.54, 1.807) is 19.9 Å². The fourth-order valence-electron chi connectivity index (χ4n) is 1.41. The minimum atomic E-state index is -0.923. The van der Waals surface area contributed by atoms with Crippen molar-refractivity contribution in [3.8, 4) is 0 Å². The highest BCUT2D eigenvalue weighted by molar-refractivity contribution is 7.14. The SMILES string of the molecule is CCOC(=O)C(C)NCc1cc(C(=O)O)sc1C. The third-order valence-corrected chi connectivity index (χ3v) is 3.55. The number of carboxylic acid groups (broad SMARTS) is 1. The van der Waals surface area contributed by atoms with Crippen molar-refractivity contribution in [3.63, 3.8) is 0 Å². The minimum absolute atomic E-state index is 0.302. The smallest absolute Gasteiger partial charge is 0.345 e. The standard InChI is InChI=1S/C12H17NO4S/c1-4-17-12(16)7(2)13-6-9-5-10(11(14)15)18-8(9)3/h5,7,13H,4,6H2,1-3H3,(H,14,15). The van der Waals surface area contributed by atoms with Gasteiger partial charge in [-0.2, -0.15) is 0 Å². The van der Waals surface area contributed by atoms with Crippen molar-refractivity contribution in [1.82, 2.24) is 5.32 Å². The van der Waals surface area contributed by atoms with Gasteiger partial charge in [0.1, 0.15) is 10.9 Å². The molecule has 0 amide bonds. The first-order valence-electron chi connectivity index (χ1n) is 5.68. The van der Waals surface area contributed by atoms with Gasteiger partial charge in [0, 0.05) is 11.4 Å². The number of carboxylic acids is 1. The van der Waals surface area contributed by atoms with Crippen LogP contribution in [0.5, 0.6) is 0 Å². The summed E-state index contributed by atoms with van der Waals surface area (Å²) in [5.41, 5.74) is 0.897. The zero-order valence-electron chi connectivity index (χ0n) is 10.6. The van der Waals surface area contributed by atoms with E-state index in [0.29, 0.717) is 18.0 Å².